The third-order valence-electron chi connectivity index (χ3n) is 3.55. The van der Waals surface area contributed by atoms with E-state index in [2.05, 4.69) is 0 Å². The van der Waals surface area contributed by atoms with Gasteiger partial charge in [0.1, 0.15) is 5.78 Å². The summed E-state index contributed by atoms with van der Waals surface area (Å²) in [4.78, 5) is 11.8. The maximum absolute atomic E-state index is 12.5. The Morgan fingerprint density at radius 1 is 0.808 bits per heavy atom. The second-order valence-electron chi connectivity index (χ2n) is 5.58. The molecule has 0 aromatic heterocycles. The van der Waals surface area contributed by atoms with Crippen LogP contribution in [0.1, 0.15) is 39.5 Å². The lowest BCUT2D eigenvalue weighted by atomic mass is 10.0. The van der Waals surface area contributed by atoms with Crippen LogP contribution in [0.2, 0.25) is 0 Å². The van der Waals surface area contributed by atoms with Crippen LogP contribution in [-0.4, -0.2) is 66.0 Å². The molecule has 0 rings (SSSR count). The molecule has 0 radical (unpaired) electrons. The molecule has 0 amide bonds. The summed E-state index contributed by atoms with van der Waals surface area (Å²) in [7, 11) is 0. The Labute approximate surface area is 147 Å². The standard InChI is InChI=1S/C15H24F6O5/c1-3-25-10(12(23)14(16,17)18)7-5-9(22)6-8-11(26-4-2)13(24)15(19,20)21/h10-13,23-24H,3-8H2,1-2H3/t10-,11-,12?,13?/m1/s1. The van der Waals surface area contributed by atoms with Crippen LogP contribution in [0.4, 0.5) is 26.3 Å². The molecule has 0 spiro atoms. The summed E-state index contributed by atoms with van der Waals surface area (Å²) in [5.74, 6) is -0.622. The van der Waals surface area contributed by atoms with Crippen LogP contribution in [0.25, 0.3) is 0 Å². The average molecular weight is 398 g/mol. The second kappa shape index (κ2) is 11.1. The number of ketones is 1. The van der Waals surface area contributed by atoms with Crippen molar-refractivity contribution in [2.75, 3.05) is 13.2 Å². The summed E-state index contributed by atoms with van der Waals surface area (Å²) < 4.78 is 84.7. The van der Waals surface area contributed by atoms with Gasteiger partial charge in [-0.25, -0.2) is 0 Å². The molecule has 26 heavy (non-hydrogen) atoms. The fourth-order valence-electron chi connectivity index (χ4n) is 2.25. The Morgan fingerprint density at radius 3 is 1.35 bits per heavy atom. The second-order valence-corrected chi connectivity index (χ2v) is 5.58. The number of hydrogen-bond acceptors (Lipinski definition) is 5. The first-order chi connectivity index (χ1) is 11.8. The van der Waals surface area contributed by atoms with Crippen LogP contribution in [0.3, 0.4) is 0 Å². The highest BCUT2D eigenvalue weighted by Gasteiger charge is 2.45. The van der Waals surface area contributed by atoms with Crippen molar-refractivity contribution in [2.45, 2.75) is 76.3 Å². The lowest BCUT2D eigenvalue weighted by molar-refractivity contribution is -0.237. The number of carbonyl (C=O) groups excluding carboxylic acids is 1. The molecule has 0 aromatic carbocycles. The van der Waals surface area contributed by atoms with Gasteiger partial charge >= 0.3 is 12.4 Å². The van der Waals surface area contributed by atoms with Crippen LogP contribution in [-0.2, 0) is 14.3 Å². The quantitative estimate of drug-likeness (QED) is 0.495. The van der Waals surface area contributed by atoms with Crippen molar-refractivity contribution in [3.05, 3.63) is 0 Å². The van der Waals surface area contributed by atoms with Crippen molar-refractivity contribution in [1.29, 1.82) is 0 Å². The van der Waals surface area contributed by atoms with E-state index in [1.807, 2.05) is 0 Å². The van der Waals surface area contributed by atoms with Crippen molar-refractivity contribution < 1.29 is 50.8 Å². The highest BCUT2D eigenvalue weighted by Crippen LogP contribution is 2.28. The van der Waals surface area contributed by atoms with Gasteiger partial charge in [-0.2, -0.15) is 26.3 Å². The maximum atomic E-state index is 12.5. The first-order valence-corrected chi connectivity index (χ1v) is 8.09. The summed E-state index contributed by atoms with van der Waals surface area (Å²) in [5, 5.41) is 18.4. The van der Waals surface area contributed by atoms with E-state index < -0.39 is 68.2 Å². The van der Waals surface area contributed by atoms with Gasteiger partial charge < -0.3 is 19.7 Å². The van der Waals surface area contributed by atoms with Crippen molar-refractivity contribution >= 4 is 5.78 Å². The zero-order valence-electron chi connectivity index (χ0n) is 14.4. The van der Waals surface area contributed by atoms with Crippen LogP contribution < -0.4 is 0 Å². The molecular formula is C15H24F6O5. The Bertz CT molecular complexity index is 376. The van der Waals surface area contributed by atoms with Crippen LogP contribution in [0.15, 0.2) is 0 Å². The monoisotopic (exact) mass is 398 g/mol. The number of aliphatic hydroxyl groups is 2. The molecule has 0 bridgehead atoms. The van der Waals surface area contributed by atoms with Crippen LogP contribution in [0, 0.1) is 0 Å². The molecule has 0 aromatic rings. The van der Waals surface area contributed by atoms with Crippen molar-refractivity contribution in [3.63, 3.8) is 0 Å². The summed E-state index contributed by atoms with van der Waals surface area (Å²) >= 11 is 0. The molecule has 0 heterocycles. The van der Waals surface area contributed by atoms with Gasteiger partial charge in [0.15, 0.2) is 12.2 Å². The number of alkyl halides is 6. The first-order valence-electron chi connectivity index (χ1n) is 8.09. The molecule has 156 valence electrons. The molecule has 0 saturated carbocycles. The largest absolute Gasteiger partial charge is 0.416 e. The van der Waals surface area contributed by atoms with Crippen LogP contribution in [0.5, 0.6) is 0 Å². The molecule has 0 saturated heterocycles. The molecule has 2 N–H and O–H groups in total. The van der Waals surface area contributed by atoms with Gasteiger partial charge in [0.25, 0.3) is 0 Å². The highest BCUT2D eigenvalue weighted by atomic mass is 19.4. The number of halogens is 6. The Kier molecular flexibility index (Phi) is 10.7. The Morgan fingerprint density at radius 2 is 1.12 bits per heavy atom. The lowest BCUT2D eigenvalue weighted by Crippen LogP contribution is -2.42. The Balaban J connectivity index is 4.62. The van der Waals surface area contributed by atoms with Gasteiger partial charge in [-0.05, 0) is 26.7 Å². The topological polar surface area (TPSA) is 76.0 Å². The third-order valence-corrected chi connectivity index (χ3v) is 3.55. The van der Waals surface area contributed by atoms with E-state index in [1.54, 1.807) is 0 Å². The van der Waals surface area contributed by atoms with Gasteiger partial charge in [-0.15, -0.1) is 0 Å². The number of hydrogen-bond donors (Lipinski definition) is 2. The minimum atomic E-state index is -4.92. The minimum absolute atomic E-state index is 0.115. The predicted molar refractivity (Wildman–Crippen MR) is 78.4 cm³/mol. The van der Waals surface area contributed by atoms with Gasteiger partial charge in [-0.1, -0.05) is 0 Å². The van der Waals surface area contributed by atoms with Gasteiger partial charge in [-0.3, -0.25) is 4.79 Å². The first kappa shape index (κ1) is 25.1. The number of ether oxygens (including phenoxy) is 2. The van der Waals surface area contributed by atoms with Gasteiger partial charge in [0, 0.05) is 26.1 Å². The highest BCUT2D eigenvalue weighted by molar-refractivity contribution is 5.78. The Hall–Kier alpha value is -0.910. The number of Topliss-reactive ketones (excluding diaryl/α,β-unsaturated/α-hetero) is 1. The average Bonchev–Trinajstić information content (AvgIpc) is 2.52. The molecule has 11 heteroatoms. The number of rotatable bonds is 12. The third kappa shape index (κ3) is 9.15. The van der Waals surface area contributed by atoms with Crippen molar-refractivity contribution in [1.82, 2.24) is 0 Å². The number of carbonyl (C=O) groups is 1. The zero-order chi connectivity index (χ0) is 20.5. The maximum Gasteiger partial charge on any atom is 0.416 e. The summed E-state index contributed by atoms with van der Waals surface area (Å²) in [5.41, 5.74) is 0. The van der Waals surface area contributed by atoms with Gasteiger partial charge in [0.2, 0.25) is 0 Å². The van der Waals surface area contributed by atoms with E-state index >= 15 is 0 Å². The zero-order valence-corrected chi connectivity index (χ0v) is 14.4. The number of aliphatic hydroxyl groups excluding tert-OH is 2. The van der Waals surface area contributed by atoms with Gasteiger partial charge in [0.05, 0.1) is 12.2 Å². The van der Waals surface area contributed by atoms with E-state index in [0.29, 0.717) is 0 Å². The van der Waals surface area contributed by atoms with E-state index in [4.69, 9.17) is 9.47 Å². The van der Waals surface area contributed by atoms with E-state index in [9.17, 15) is 41.4 Å². The van der Waals surface area contributed by atoms with Crippen molar-refractivity contribution in [2.24, 2.45) is 0 Å². The smallest absolute Gasteiger partial charge is 0.381 e. The fraction of sp³-hybridized carbons (Fsp3) is 0.933. The molecule has 4 atom stereocenters. The summed E-state index contributed by atoms with van der Waals surface area (Å²) in [6, 6.07) is 0. The molecule has 0 fully saturated rings. The molecule has 0 aliphatic heterocycles. The molecule has 5 nitrogen and oxygen atoms in total. The molecule has 0 aliphatic carbocycles. The SMILES string of the molecule is CCO[C@H](CCC(=O)CC[C@@H](OCC)C(O)C(F)(F)F)C(O)C(F)(F)F. The van der Waals surface area contributed by atoms with E-state index in [1.165, 1.54) is 13.8 Å². The summed E-state index contributed by atoms with van der Waals surface area (Å²) in [6.07, 6.45) is -20.4. The fourth-order valence-corrected chi connectivity index (χ4v) is 2.25. The van der Waals surface area contributed by atoms with E-state index in [0.717, 1.165) is 0 Å². The lowest BCUT2D eigenvalue weighted by Gasteiger charge is -2.25. The minimum Gasteiger partial charge on any atom is -0.381 e. The normalized spacial score (nSPS) is 17.6. The predicted octanol–water partition coefficient (Wildman–Crippen LogP) is 2.77. The molecule has 0 aliphatic rings. The molecule has 2 unspecified atom stereocenters. The van der Waals surface area contributed by atoms with Crippen molar-refractivity contribution in [3.8, 4) is 0 Å². The summed E-state index contributed by atoms with van der Waals surface area (Å²) in [6.45, 7) is 2.61. The molecular weight excluding hydrogens is 374 g/mol. The van der Waals surface area contributed by atoms with Crippen LogP contribution >= 0.6 is 0 Å². The van der Waals surface area contributed by atoms with E-state index in [-0.39, 0.29) is 13.2 Å².